The number of hydrogen-bond acceptors (Lipinski definition) is 6. The van der Waals surface area contributed by atoms with Crippen molar-refractivity contribution < 1.29 is 14.0 Å². The molecule has 2 fully saturated rings. The topological polar surface area (TPSA) is 74.6 Å². The van der Waals surface area contributed by atoms with Crippen LogP contribution in [0.25, 0.3) is 16.6 Å². The van der Waals surface area contributed by atoms with Crippen molar-refractivity contribution in [2.45, 2.75) is 12.5 Å². The molecule has 5 heterocycles. The second-order valence-corrected chi connectivity index (χ2v) is 9.69. The molecule has 178 valence electrons. The molecular formula is C25H23FN6O2S. The van der Waals surface area contributed by atoms with Crippen LogP contribution in [0.3, 0.4) is 0 Å². The minimum atomic E-state index is -0.525. The largest absolute Gasteiger partial charge is 0.334 e. The van der Waals surface area contributed by atoms with Crippen molar-refractivity contribution in [3.05, 3.63) is 71.3 Å². The highest BCUT2D eigenvalue weighted by Gasteiger charge is 2.36. The Bertz CT molecular complexity index is 1400. The Morgan fingerprint density at radius 2 is 1.86 bits per heavy atom. The molecule has 0 aliphatic carbocycles. The fourth-order valence-corrected chi connectivity index (χ4v) is 5.60. The van der Waals surface area contributed by atoms with E-state index >= 15 is 0 Å². The number of pyridine rings is 1. The summed E-state index contributed by atoms with van der Waals surface area (Å²) in [6, 6.07) is 11.2. The van der Waals surface area contributed by atoms with Crippen molar-refractivity contribution in [2.24, 2.45) is 0 Å². The number of halogens is 1. The Morgan fingerprint density at radius 3 is 2.63 bits per heavy atom. The van der Waals surface area contributed by atoms with E-state index < -0.39 is 5.95 Å². The zero-order valence-corrected chi connectivity index (χ0v) is 19.7. The standard InChI is InChI=1S/C25H23FN6O2S/c26-22-14-19(3-5-27-22)31-7-4-17-13-18(1-2-21(17)31)32-16-20(15-23(32)33)29-8-10-30(11-9-29)25(34)24-28-6-12-35-24/h1-7,12-14,20H,8-11,15-16H2. The van der Waals surface area contributed by atoms with Crippen LogP contribution in [0.1, 0.15) is 16.2 Å². The number of aromatic nitrogens is 3. The van der Waals surface area contributed by atoms with Crippen LogP contribution in [0.2, 0.25) is 0 Å². The summed E-state index contributed by atoms with van der Waals surface area (Å²) in [7, 11) is 0. The van der Waals surface area contributed by atoms with Crippen LogP contribution in [0.4, 0.5) is 10.1 Å². The molecule has 35 heavy (non-hydrogen) atoms. The molecular weight excluding hydrogens is 467 g/mol. The van der Waals surface area contributed by atoms with Gasteiger partial charge < -0.3 is 14.4 Å². The Kier molecular flexibility index (Phi) is 5.54. The van der Waals surface area contributed by atoms with Gasteiger partial charge >= 0.3 is 0 Å². The number of amides is 2. The van der Waals surface area contributed by atoms with E-state index in [1.54, 1.807) is 12.3 Å². The summed E-state index contributed by atoms with van der Waals surface area (Å²) in [6.45, 7) is 3.39. The molecule has 0 saturated carbocycles. The molecule has 0 spiro atoms. The van der Waals surface area contributed by atoms with Gasteiger partial charge in [0.2, 0.25) is 11.9 Å². The van der Waals surface area contributed by atoms with Crippen LogP contribution >= 0.6 is 11.3 Å². The number of carbonyl (C=O) groups is 2. The molecule has 1 unspecified atom stereocenters. The first-order valence-corrected chi connectivity index (χ1v) is 12.4. The highest BCUT2D eigenvalue weighted by Crippen LogP contribution is 2.30. The highest BCUT2D eigenvalue weighted by atomic mass is 32.1. The molecule has 2 saturated heterocycles. The number of anilines is 1. The summed E-state index contributed by atoms with van der Waals surface area (Å²) in [5.74, 6) is -0.437. The minimum absolute atomic E-state index is 0.0153. The van der Waals surface area contributed by atoms with Gasteiger partial charge in [-0.3, -0.25) is 14.5 Å². The van der Waals surface area contributed by atoms with Crippen LogP contribution in [-0.4, -0.2) is 74.9 Å². The third-order valence-electron chi connectivity index (χ3n) is 6.81. The Morgan fingerprint density at radius 1 is 1.00 bits per heavy atom. The minimum Gasteiger partial charge on any atom is -0.334 e. The normalized spacial score (nSPS) is 19.1. The number of nitrogens with zero attached hydrogens (tertiary/aromatic N) is 6. The van der Waals surface area contributed by atoms with E-state index in [-0.39, 0.29) is 17.9 Å². The van der Waals surface area contributed by atoms with E-state index in [0.717, 1.165) is 29.7 Å². The zero-order valence-electron chi connectivity index (χ0n) is 18.9. The lowest BCUT2D eigenvalue weighted by Crippen LogP contribution is -2.52. The van der Waals surface area contributed by atoms with Crippen molar-refractivity contribution in [2.75, 3.05) is 37.6 Å². The van der Waals surface area contributed by atoms with E-state index in [1.807, 2.05) is 50.2 Å². The SMILES string of the molecule is O=C(c1nccs1)N1CCN(C2CC(=O)N(c3ccc4c(ccn4-c4ccnc(F)c4)c3)C2)CC1. The third-order valence-corrected chi connectivity index (χ3v) is 7.57. The molecule has 0 N–H and O–H groups in total. The van der Waals surface area contributed by atoms with Crippen molar-refractivity contribution in [3.8, 4) is 5.69 Å². The number of hydrogen-bond donors (Lipinski definition) is 0. The van der Waals surface area contributed by atoms with Gasteiger partial charge in [0.25, 0.3) is 5.91 Å². The molecule has 6 rings (SSSR count). The summed E-state index contributed by atoms with van der Waals surface area (Å²) in [5, 5.41) is 3.32. The maximum Gasteiger partial charge on any atom is 0.282 e. The predicted octanol–water partition coefficient (Wildman–Crippen LogP) is 3.18. The van der Waals surface area contributed by atoms with Crippen molar-refractivity contribution in [3.63, 3.8) is 0 Å². The second kappa shape index (κ2) is 8.86. The third kappa shape index (κ3) is 4.08. The first kappa shape index (κ1) is 21.9. The quantitative estimate of drug-likeness (QED) is 0.411. The lowest BCUT2D eigenvalue weighted by molar-refractivity contribution is -0.117. The summed E-state index contributed by atoms with van der Waals surface area (Å²) in [4.78, 5) is 39.3. The average molecular weight is 491 g/mol. The van der Waals surface area contributed by atoms with Crippen molar-refractivity contribution in [1.29, 1.82) is 0 Å². The molecule has 3 aromatic heterocycles. The van der Waals surface area contributed by atoms with E-state index in [2.05, 4.69) is 14.9 Å². The number of rotatable bonds is 4. The first-order chi connectivity index (χ1) is 17.1. The van der Waals surface area contributed by atoms with E-state index in [1.165, 1.54) is 23.6 Å². The molecule has 1 aromatic carbocycles. The fraction of sp³-hybridized carbons (Fsp3) is 0.280. The Balaban J connectivity index is 1.14. The van der Waals surface area contributed by atoms with Gasteiger partial charge in [0.15, 0.2) is 5.01 Å². The molecule has 2 aliphatic rings. The van der Waals surface area contributed by atoms with Crippen LogP contribution in [-0.2, 0) is 4.79 Å². The van der Waals surface area contributed by atoms with Crippen molar-refractivity contribution in [1.82, 2.24) is 24.3 Å². The Hall–Kier alpha value is -3.63. The maximum atomic E-state index is 13.6. The van der Waals surface area contributed by atoms with Crippen LogP contribution < -0.4 is 4.90 Å². The molecule has 4 aromatic rings. The first-order valence-electron chi connectivity index (χ1n) is 11.5. The zero-order chi connectivity index (χ0) is 23.9. The van der Waals surface area contributed by atoms with Crippen LogP contribution in [0, 0.1) is 5.95 Å². The summed E-state index contributed by atoms with van der Waals surface area (Å²) in [6.07, 6.45) is 5.46. The lowest BCUT2D eigenvalue weighted by atomic mass is 10.2. The number of thiazole rings is 1. The van der Waals surface area contributed by atoms with Gasteiger partial charge in [0.05, 0.1) is 11.2 Å². The Labute approximate surface area is 205 Å². The van der Waals surface area contributed by atoms with E-state index in [0.29, 0.717) is 36.8 Å². The molecule has 0 radical (unpaired) electrons. The monoisotopic (exact) mass is 490 g/mol. The van der Waals surface area contributed by atoms with Crippen LogP contribution in [0.15, 0.2) is 60.4 Å². The van der Waals surface area contributed by atoms with Gasteiger partial charge in [-0.2, -0.15) is 4.39 Å². The number of piperazine rings is 1. The molecule has 2 aliphatic heterocycles. The lowest BCUT2D eigenvalue weighted by Gasteiger charge is -2.37. The maximum absolute atomic E-state index is 13.6. The molecule has 2 amide bonds. The summed E-state index contributed by atoms with van der Waals surface area (Å²) < 4.78 is 15.5. The molecule has 10 heteroatoms. The van der Waals surface area contributed by atoms with Gasteiger partial charge in [0.1, 0.15) is 0 Å². The average Bonchev–Trinajstić information content (AvgIpc) is 3.63. The van der Waals surface area contributed by atoms with Crippen molar-refractivity contribution >= 4 is 39.7 Å². The second-order valence-electron chi connectivity index (χ2n) is 8.79. The molecule has 8 nitrogen and oxygen atoms in total. The summed E-state index contributed by atoms with van der Waals surface area (Å²) in [5.41, 5.74) is 2.50. The summed E-state index contributed by atoms with van der Waals surface area (Å²) >= 11 is 1.36. The van der Waals surface area contributed by atoms with Gasteiger partial charge in [0, 0.05) is 86.3 Å². The van der Waals surface area contributed by atoms with Gasteiger partial charge in [-0.05, 0) is 30.3 Å². The van der Waals surface area contributed by atoms with Gasteiger partial charge in [-0.25, -0.2) is 9.97 Å². The predicted molar refractivity (Wildman–Crippen MR) is 131 cm³/mol. The molecule has 1 atom stereocenters. The van der Waals surface area contributed by atoms with Crippen LogP contribution in [0.5, 0.6) is 0 Å². The molecule has 0 bridgehead atoms. The number of benzene rings is 1. The van der Waals surface area contributed by atoms with Gasteiger partial charge in [-0.1, -0.05) is 0 Å². The fourth-order valence-electron chi connectivity index (χ4n) is 5.00. The number of carbonyl (C=O) groups excluding carboxylic acids is 2. The van der Waals surface area contributed by atoms with E-state index in [9.17, 15) is 14.0 Å². The van der Waals surface area contributed by atoms with E-state index in [4.69, 9.17) is 0 Å². The van der Waals surface area contributed by atoms with Gasteiger partial charge in [-0.15, -0.1) is 11.3 Å². The smallest absolute Gasteiger partial charge is 0.282 e. The number of fused-ring (bicyclic) bond motifs is 1. The highest BCUT2D eigenvalue weighted by molar-refractivity contribution is 7.11.